The molecule has 2 N–H and O–H groups in total. The third-order valence-corrected chi connectivity index (χ3v) is 11.3. The van der Waals surface area contributed by atoms with Crippen molar-refractivity contribution in [1.82, 2.24) is 4.90 Å². The van der Waals surface area contributed by atoms with E-state index in [0.717, 1.165) is 74.8 Å². The number of aliphatic hydroxyl groups excluding tert-OH is 1. The van der Waals surface area contributed by atoms with Gasteiger partial charge in [-0.3, -0.25) is 9.69 Å². The quantitative estimate of drug-likeness (QED) is 0.739. The number of nitrogens with zero attached hydrogens (tertiary/aromatic N) is 1. The highest BCUT2D eigenvalue weighted by molar-refractivity contribution is 5.84. The molecule has 1 saturated heterocycles. The minimum atomic E-state index is -0.271. The number of carbonyl (C=O) groups is 1. The molecule has 5 saturated carbocycles. The fourth-order valence-electron chi connectivity index (χ4n) is 9.62. The maximum atomic E-state index is 13.4. The SMILES string of the molecule is C[C@]12CC[C@@H]3[C@H]4CC[C@]5(O)CC5[C@H]4CC[C@H]3[C@@H]1CC[C@@H]2C(=O)CN1CCC(O)CC1. The second-order valence-electron chi connectivity index (χ2n) is 12.4. The molecular formula is C26H41NO3. The molecule has 1 heterocycles. The standard InChI is InChI=1S/C26H41NO3/c1-25-10-6-17-18-7-11-26(30)14-23(26)20(18)3-2-19(17)21(25)4-5-22(25)24(29)15-27-12-8-16(28)9-13-27/h16-23,28,30H,2-15H2,1H3/t17-,18-,19-,20+,21+,22-,23?,25+,26+/m1/s1. The van der Waals surface area contributed by atoms with Crippen LogP contribution in [-0.4, -0.2) is 52.2 Å². The normalized spacial score (nSPS) is 53.4. The number of Topliss-reactive ketones (excluding diaryl/α,β-unsaturated/α-hetero) is 1. The first-order chi connectivity index (χ1) is 14.4. The lowest BCUT2D eigenvalue weighted by molar-refractivity contribution is -0.132. The van der Waals surface area contributed by atoms with Crippen molar-refractivity contribution >= 4 is 5.78 Å². The molecule has 30 heavy (non-hydrogen) atoms. The summed E-state index contributed by atoms with van der Waals surface area (Å²) in [5.41, 5.74) is -0.0536. The Labute approximate surface area is 181 Å². The fraction of sp³-hybridized carbons (Fsp3) is 0.962. The average Bonchev–Trinajstić information content (AvgIpc) is 3.30. The molecule has 9 atom stereocenters. The minimum absolute atomic E-state index is 0.165. The summed E-state index contributed by atoms with van der Waals surface area (Å²) in [7, 11) is 0. The zero-order valence-electron chi connectivity index (χ0n) is 18.8. The monoisotopic (exact) mass is 415 g/mol. The third-order valence-electron chi connectivity index (χ3n) is 11.3. The number of hydrogen-bond acceptors (Lipinski definition) is 4. The van der Waals surface area contributed by atoms with Crippen molar-refractivity contribution in [3.05, 3.63) is 0 Å². The molecule has 4 nitrogen and oxygen atoms in total. The molecule has 0 radical (unpaired) electrons. The number of fused-ring (bicyclic) bond motifs is 7. The number of carbonyl (C=O) groups excluding carboxylic acids is 1. The molecule has 1 unspecified atom stereocenters. The second kappa shape index (κ2) is 7.02. The van der Waals surface area contributed by atoms with Gasteiger partial charge in [0.2, 0.25) is 0 Å². The van der Waals surface area contributed by atoms with Crippen LogP contribution >= 0.6 is 0 Å². The number of aliphatic hydroxyl groups is 2. The Morgan fingerprint density at radius 2 is 1.53 bits per heavy atom. The maximum absolute atomic E-state index is 13.4. The van der Waals surface area contributed by atoms with Crippen LogP contribution in [0, 0.1) is 46.8 Å². The van der Waals surface area contributed by atoms with E-state index in [-0.39, 0.29) is 23.0 Å². The van der Waals surface area contributed by atoms with Gasteiger partial charge >= 0.3 is 0 Å². The van der Waals surface area contributed by atoms with Crippen LogP contribution in [0.2, 0.25) is 0 Å². The molecule has 1 aliphatic heterocycles. The van der Waals surface area contributed by atoms with Crippen molar-refractivity contribution in [2.75, 3.05) is 19.6 Å². The maximum Gasteiger partial charge on any atom is 0.150 e. The number of hydrogen-bond donors (Lipinski definition) is 2. The number of likely N-dealkylation sites (tertiary alicyclic amines) is 1. The number of rotatable bonds is 3. The van der Waals surface area contributed by atoms with Gasteiger partial charge < -0.3 is 10.2 Å². The van der Waals surface area contributed by atoms with E-state index < -0.39 is 0 Å². The van der Waals surface area contributed by atoms with Gasteiger partial charge in [-0.2, -0.15) is 0 Å². The van der Waals surface area contributed by atoms with Crippen LogP contribution in [0.1, 0.15) is 77.6 Å². The lowest BCUT2D eigenvalue weighted by atomic mass is 9.49. The highest BCUT2D eigenvalue weighted by Gasteiger charge is 2.65. The first-order valence-corrected chi connectivity index (χ1v) is 13.0. The van der Waals surface area contributed by atoms with Crippen molar-refractivity contribution in [3.8, 4) is 0 Å². The lowest BCUT2D eigenvalue weighted by Gasteiger charge is -2.56. The van der Waals surface area contributed by atoms with E-state index in [0.29, 0.717) is 18.2 Å². The van der Waals surface area contributed by atoms with Gasteiger partial charge in [-0.15, -0.1) is 0 Å². The Kier molecular flexibility index (Phi) is 4.72. The summed E-state index contributed by atoms with van der Waals surface area (Å²) in [4.78, 5) is 15.7. The smallest absolute Gasteiger partial charge is 0.150 e. The van der Waals surface area contributed by atoms with Crippen LogP contribution in [0.5, 0.6) is 0 Å². The Morgan fingerprint density at radius 1 is 0.867 bits per heavy atom. The summed E-state index contributed by atoms with van der Waals surface area (Å²) in [5.74, 6) is 5.46. The second-order valence-corrected chi connectivity index (χ2v) is 12.4. The molecule has 6 aliphatic rings. The molecule has 168 valence electrons. The summed E-state index contributed by atoms with van der Waals surface area (Å²) in [6.07, 6.45) is 12.5. The summed E-state index contributed by atoms with van der Waals surface area (Å²) < 4.78 is 0. The van der Waals surface area contributed by atoms with E-state index in [9.17, 15) is 15.0 Å². The third kappa shape index (κ3) is 2.99. The molecular weight excluding hydrogens is 374 g/mol. The highest BCUT2D eigenvalue weighted by Crippen LogP contribution is 2.68. The van der Waals surface area contributed by atoms with Gasteiger partial charge in [0.15, 0.2) is 0 Å². The molecule has 4 heteroatoms. The predicted octanol–water partition coefficient (Wildman–Crippen LogP) is 3.64. The Bertz CT molecular complexity index is 702. The Morgan fingerprint density at radius 3 is 2.27 bits per heavy atom. The fourth-order valence-corrected chi connectivity index (χ4v) is 9.62. The number of piperidine rings is 1. The van der Waals surface area contributed by atoms with Gasteiger partial charge in [-0.1, -0.05) is 6.92 Å². The molecule has 6 rings (SSSR count). The van der Waals surface area contributed by atoms with Crippen LogP contribution in [0.3, 0.4) is 0 Å². The van der Waals surface area contributed by atoms with Gasteiger partial charge in [-0.25, -0.2) is 0 Å². The van der Waals surface area contributed by atoms with Crippen molar-refractivity contribution < 1.29 is 15.0 Å². The molecule has 6 fully saturated rings. The molecule has 5 aliphatic carbocycles. The van der Waals surface area contributed by atoms with Crippen LogP contribution in [0.15, 0.2) is 0 Å². The molecule has 0 aromatic carbocycles. The van der Waals surface area contributed by atoms with E-state index in [1.54, 1.807) is 0 Å². The predicted molar refractivity (Wildman–Crippen MR) is 116 cm³/mol. The van der Waals surface area contributed by atoms with E-state index in [4.69, 9.17) is 0 Å². The molecule has 0 bridgehead atoms. The molecule has 0 aromatic heterocycles. The van der Waals surface area contributed by atoms with Crippen molar-refractivity contribution in [1.29, 1.82) is 0 Å². The Hall–Kier alpha value is -0.450. The summed E-state index contributed by atoms with van der Waals surface area (Å²) in [6.45, 7) is 4.83. The summed E-state index contributed by atoms with van der Waals surface area (Å²) in [5, 5.41) is 20.4. The summed E-state index contributed by atoms with van der Waals surface area (Å²) in [6, 6.07) is 0. The number of ketones is 1. The van der Waals surface area contributed by atoms with Gasteiger partial charge in [0, 0.05) is 19.0 Å². The molecule has 0 spiro atoms. The first-order valence-electron chi connectivity index (χ1n) is 13.0. The topological polar surface area (TPSA) is 60.8 Å². The van der Waals surface area contributed by atoms with Gasteiger partial charge in [0.05, 0.1) is 18.2 Å². The van der Waals surface area contributed by atoms with Crippen LogP contribution in [0.4, 0.5) is 0 Å². The molecule has 0 aromatic rings. The van der Waals surface area contributed by atoms with Crippen LogP contribution in [0.25, 0.3) is 0 Å². The largest absolute Gasteiger partial charge is 0.393 e. The van der Waals surface area contributed by atoms with E-state index in [2.05, 4.69) is 11.8 Å². The van der Waals surface area contributed by atoms with Crippen LogP contribution < -0.4 is 0 Å². The van der Waals surface area contributed by atoms with Crippen molar-refractivity contribution in [3.63, 3.8) is 0 Å². The zero-order chi connectivity index (χ0) is 20.7. The van der Waals surface area contributed by atoms with Gasteiger partial charge in [0.25, 0.3) is 0 Å². The van der Waals surface area contributed by atoms with Gasteiger partial charge in [-0.05, 0) is 112 Å². The first kappa shape index (κ1) is 20.2. The van der Waals surface area contributed by atoms with E-state index in [1.165, 1.54) is 38.5 Å². The van der Waals surface area contributed by atoms with E-state index >= 15 is 0 Å². The van der Waals surface area contributed by atoms with Crippen molar-refractivity contribution in [2.45, 2.75) is 89.3 Å². The average molecular weight is 416 g/mol. The van der Waals surface area contributed by atoms with E-state index in [1.807, 2.05) is 0 Å². The zero-order valence-corrected chi connectivity index (χ0v) is 18.8. The van der Waals surface area contributed by atoms with Gasteiger partial charge in [0.1, 0.15) is 5.78 Å². The van der Waals surface area contributed by atoms with Crippen LogP contribution in [-0.2, 0) is 4.79 Å². The molecule has 0 amide bonds. The highest BCUT2D eigenvalue weighted by atomic mass is 16.3. The minimum Gasteiger partial charge on any atom is -0.393 e. The lowest BCUT2D eigenvalue weighted by Crippen LogP contribution is -2.51. The van der Waals surface area contributed by atoms with Crippen molar-refractivity contribution in [2.24, 2.45) is 46.8 Å². The summed E-state index contributed by atoms with van der Waals surface area (Å²) >= 11 is 0. The Balaban J connectivity index is 1.14.